The molecule has 0 saturated carbocycles. The maximum absolute atomic E-state index is 3.51. The van der Waals surface area contributed by atoms with Crippen LogP contribution in [0.1, 0.15) is 13.8 Å². The van der Waals surface area contributed by atoms with Crippen molar-refractivity contribution in [1.82, 2.24) is 5.32 Å². The first-order chi connectivity index (χ1) is 3.27. The first-order valence-corrected chi connectivity index (χ1v) is 2.47. The Morgan fingerprint density at radius 3 is 2.29 bits per heavy atom. The van der Waals surface area contributed by atoms with Crippen molar-refractivity contribution in [2.75, 3.05) is 0 Å². The highest BCUT2D eigenvalue weighted by molar-refractivity contribution is 4.84. The first-order valence-electron chi connectivity index (χ1n) is 2.47. The van der Waals surface area contributed by atoms with Crippen LogP contribution in [0.5, 0.6) is 0 Å². The molecule has 0 aliphatic carbocycles. The molecule has 0 rings (SSSR count). The van der Waals surface area contributed by atoms with Gasteiger partial charge >= 0.3 is 0 Å². The summed E-state index contributed by atoms with van der Waals surface area (Å²) in [5, 5.41) is 3.05. The topological polar surface area (TPSA) is 12.0 Å². The van der Waals surface area contributed by atoms with Crippen molar-refractivity contribution in [2.24, 2.45) is 0 Å². The van der Waals surface area contributed by atoms with Crippen molar-refractivity contribution >= 4 is 0 Å². The molecular weight excluding hydrogens is 86.1 g/mol. The van der Waals surface area contributed by atoms with Crippen molar-refractivity contribution in [3.05, 3.63) is 19.2 Å². The predicted molar refractivity (Wildman–Crippen MR) is 32.8 cm³/mol. The van der Waals surface area contributed by atoms with E-state index in [-0.39, 0.29) is 0 Å². The molecule has 0 aromatic rings. The largest absolute Gasteiger partial charge is 0.307 e. The summed E-state index contributed by atoms with van der Waals surface area (Å²) in [5.74, 6) is 0. The van der Waals surface area contributed by atoms with E-state index in [1.807, 2.05) is 6.54 Å². The summed E-state index contributed by atoms with van der Waals surface area (Å²) in [5.41, 5.74) is 0. The molecule has 0 fully saturated rings. The number of hydrogen-bond acceptors (Lipinski definition) is 1. The number of nitrogens with one attached hydrogen (secondary N) is 1. The van der Waals surface area contributed by atoms with Gasteiger partial charge in [-0.05, 0) is 0 Å². The molecule has 0 aliphatic rings. The average molecular weight is 98.2 g/mol. The normalized spacial score (nSPS) is 9.57. The molecule has 1 radical (unpaired) electrons. The van der Waals surface area contributed by atoms with E-state index in [9.17, 15) is 0 Å². The van der Waals surface area contributed by atoms with Gasteiger partial charge in [0.25, 0.3) is 0 Å². The van der Waals surface area contributed by atoms with Gasteiger partial charge in [-0.2, -0.15) is 0 Å². The molecule has 1 nitrogen and oxygen atoms in total. The highest BCUT2D eigenvalue weighted by atomic mass is 14.9. The summed E-state index contributed by atoms with van der Waals surface area (Å²) in [4.78, 5) is 0. The molecule has 0 atom stereocenters. The van der Waals surface area contributed by atoms with Crippen molar-refractivity contribution in [1.29, 1.82) is 0 Å². The van der Waals surface area contributed by atoms with Gasteiger partial charge in [-0.25, -0.2) is 0 Å². The second-order valence-corrected chi connectivity index (χ2v) is 1.72. The number of rotatable bonds is 3. The zero-order valence-corrected chi connectivity index (χ0v) is 4.94. The van der Waals surface area contributed by atoms with Crippen LogP contribution in [-0.4, -0.2) is 6.04 Å². The van der Waals surface area contributed by atoms with Crippen molar-refractivity contribution < 1.29 is 0 Å². The summed E-state index contributed by atoms with van der Waals surface area (Å²) in [7, 11) is 0. The minimum atomic E-state index is 0.526. The van der Waals surface area contributed by atoms with E-state index in [4.69, 9.17) is 0 Å². The second kappa shape index (κ2) is 3.88. The van der Waals surface area contributed by atoms with Crippen LogP contribution in [0.25, 0.3) is 0 Å². The van der Waals surface area contributed by atoms with Crippen LogP contribution >= 0.6 is 0 Å². The lowest BCUT2D eigenvalue weighted by molar-refractivity contribution is 0.677. The molecule has 0 aliphatic heterocycles. The van der Waals surface area contributed by atoms with Gasteiger partial charge in [0.05, 0.1) is 0 Å². The number of hydrogen-bond donors (Lipinski definition) is 1. The van der Waals surface area contributed by atoms with Crippen LogP contribution in [0.3, 0.4) is 0 Å². The Kier molecular flexibility index (Phi) is 3.71. The predicted octanol–water partition coefficient (Wildman–Crippen LogP) is 1.33. The third-order valence-electron chi connectivity index (χ3n) is 0.547. The van der Waals surface area contributed by atoms with Gasteiger partial charge in [-0.15, -0.1) is 6.58 Å². The summed E-state index contributed by atoms with van der Waals surface area (Å²) in [6.07, 6.45) is 1.74. The molecule has 41 valence electrons. The quantitative estimate of drug-likeness (QED) is 0.561. The first kappa shape index (κ1) is 6.70. The fourth-order valence-corrected chi connectivity index (χ4v) is 0.260. The molecule has 0 aromatic carbocycles. The molecule has 7 heavy (non-hydrogen) atoms. The van der Waals surface area contributed by atoms with E-state index in [1.54, 1.807) is 6.08 Å². The Labute approximate surface area is 45.4 Å². The minimum absolute atomic E-state index is 0.526. The highest BCUT2D eigenvalue weighted by Gasteiger charge is 1.84. The molecule has 0 amide bonds. The van der Waals surface area contributed by atoms with Crippen LogP contribution in [0.2, 0.25) is 0 Å². The lowest BCUT2D eigenvalue weighted by Crippen LogP contribution is -2.17. The average Bonchev–Trinajstić information content (AvgIpc) is 1.61. The van der Waals surface area contributed by atoms with Gasteiger partial charge in [0, 0.05) is 12.6 Å². The van der Waals surface area contributed by atoms with Crippen LogP contribution in [0, 0.1) is 6.54 Å². The van der Waals surface area contributed by atoms with Crippen LogP contribution in [0.4, 0.5) is 0 Å². The van der Waals surface area contributed by atoms with Crippen molar-refractivity contribution in [3.63, 3.8) is 0 Å². The summed E-state index contributed by atoms with van der Waals surface area (Å²) >= 11 is 0. The molecule has 1 N–H and O–H groups in total. The van der Waals surface area contributed by atoms with Crippen LogP contribution in [0.15, 0.2) is 12.7 Å². The Morgan fingerprint density at radius 2 is 2.14 bits per heavy atom. The smallest absolute Gasteiger partial charge is 0.0441 e. The van der Waals surface area contributed by atoms with Gasteiger partial charge in [-0.1, -0.05) is 19.9 Å². The van der Waals surface area contributed by atoms with Crippen molar-refractivity contribution in [2.45, 2.75) is 19.9 Å². The Morgan fingerprint density at radius 1 is 1.57 bits per heavy atom. The summed E-state index contributed by atoms with van der Waals surface area (Å²) in [6.45, 7) is 9.52. The van der Waals surface area contributed by atoms with Gasteiger partial charge in [0.2, 0.25) is 0 Å². The molecule has 0 heterocycles. The Bertz CT molecular complexity index is 48.1. The van der Waals surface area contributed by atoms with Gasteiger partial charge in [0.1, 0.15) is 0 Å². The third-order valence-corrected chi connectivity index (χ3v) is 0.547. The third kappa shape index (κ3) is 5.70. The van der Waals surface area contributed by atoms with Crippen LogP contribution in [-0.2, 0) is 0 Å². The summed E-state index contributed by atoms with van der Waals surface area (Å²) in [6, 6.07) is 0.526. The van der Waals surface area contributed by atoms with E-state index in [0.717, 1.165) is 0 Å². The van der Waals surface area contributed by atoms with Crippen molar-refractivity contribution in [3.8, 4) is 0 Å². The standard InChI is InChI=1S/C6H12N/c1-4-5-7-6(2)3/h4-7H,1H2,2-3H3. The van der Waals surface area contributed by atoms with Gasteiger partial charge in [0.15, 0.2) is 0 Å². The van der Waals surface area contributed by atoms with Crippen LogP contribution < -0.4 is 5.32 Å². The molecule has 0 bridgehead atoms. The maximum atomic E-state index is 3.51. The summed E-state index contributed by atoms with van der Waals surface area (Å²) < 4.78 is 0. The van der Waals surface area contributed by atoms with E-state index < -0.39 is 0 Å². The fraction of sp³-hybridized carbons (Fsp3) is 0.500. The van der Waals surface area contributed by atoms with E-state index >= 15 is 0 Å². The van der Waals surface area contributed by atoms with E-state index in [2.05, 4.69) is 25.7 Å². The lowest BCUT2D eigenvalue weighted by atomic mass is 10.4. The molecule has 0 aromatic heterocycles. The maximum Gasteiger partial charge on any atom is 0.0441 e. The zero-order valence-electron chi connectivity index (χ0n) is 4.94. The monoisotopic (exact) mass is 98.1 g/mol. The van der Waals surface area contributed by atoms with E-state index in [0.29, 0.717) is 6.04 Å². The molecular formula is C6H12N. The molecule has 0 spiro atoms. The lowest BCUT2D eigenvalue weighted by Gasteiger charge is -2.01. The SMILES string of the molecule is C=C[CH]NC(C)C. The molecule has 1 heteroatoms. The van der Waals surface area contributed by atoms with Gasteiger partial charge in [-0.3, -0.25) is 0 Å². The minimum Gasteiger partial charge on any atom is -0.307 e. The molecule has 0 unspecified atom stereocenters. The molecule has 0 saturated heterocycles. The Balaban J connectivity index is 2.81. The Hall–Kier alpha value is -0.300. The van der Waals surface area contributed by atoms with E-state index in [1.165, 1.54) is 0 Å². The highest BCUT2D eigenvalue weighted by Crippen LogP contribution is 1.76. The van der Waals surface area contributed by atoms with Gasteiger partial charge < -0.3 is 5.32 Å². The fourth-order valence-electron chi connectivity index (χ4n) is 0.260. The zero-order chi connectivity index (χ0) is 5.70. The second-order valence-electron chi connectivity index (χ2n) is 1.72.